The van der Waals surface area contributed by atoms with Gasteiger partial charge in [-0.3, -0.25) is 4.79 Å². The van der Waals surface area contributed by atoms with Crippen molar-refractivity contribution in [2.45, 2.75) is 57.4 Å². The Morgan fingerprint density at radius 1 is 1.18 bits per heavy atom. The molecule has 0 amide bonds. The van der Waals surface area contributed by atoms with Gasteiger partial charge in [-0.1, -0.05) is 19.3 Å². The lowest BCUT2D eigenvalue weighted by Gasteiger charge is -2.30. The van der Waals surface area contributed by atoms with Gasteiger partial charge in [-0.15, -0.1) is 0 Å². The van der Waals surface area contributed by atoms with Gasteiger partial charge in [-0.25, -0.2) is 0 Å². The van der Waals surface area contributed by atoms with Crippen LogP contribution in [0, 0.1) is 11.8 Å². The van der Waals surface area contributed by atoms with Crippen LogP contribution in [-0.2, 0) is 9.53 Å². The van der Waals surface area contributed by atoms with Gasteiger partial charge < -0.3 is 10.1 Å². The Morgan fingerprint density at radius 2 is 1.88 bits per heavy atom. The molecule has 2 rings (SSSR count). The second-order valence-electron chi connectivity index (χ2n) is 5.61. The number of nitrogens with one attached hydrogen (secondary N) is 1. The van der Waals surface area contributed by atoms with Crippen LogP contribution >= 0.6 is 0 Å². The summed E-state index contributed by atoms with van der Waals surface area (Å²) in [5, 5.41) is 3.65. The number of carbonyl (C=O) groups excluding carboxylic acids is 1. The Labute approximate surface area is 104 Å². The molecule has 2 aliphatic rings. The molecule has 0 heterocycles. The van der Waals surface area contributed by atoms with E-state index in [1.165, 1.54) is 32.8 Å². The van der Waals surface area contributed by atoms with Crippen LogP contribution in [0.3, 0.4) is 0 Å². The van der Waals surface area contributed by atoms with E-state index < -0.39 is 0 Å². The fourth-order valence-corrected chi connectivity index (χ4v) is 2.97. The molecule has 2 aliphatic carbocycles. The zero-order chi connectivity index (χ0) is 12.1. The second-order valence-corrected chi connectivity index (χ2v) is 5.61. The standard InChI is InChI=1S/C14H25NO2/c1-17-14(16)12-5-7-13(8-6-12)15-10-9-11-3-2-4-11/h11-13,15H,2-10H2,1H3. The maximum absolute atomic E-state index is 11.4. The average molecular weight is 239 g/mol. The molecule has 0 atom stereocenters. The van der Waals surface area contributed by atoms with Gasteiger partial charge in [-0.2, -0.15) is 0 Å². The van der Waals surface area contributed by atoms with Crippen LogP contribution in [0.15, 0.2) is 0 Å². The van der Waals surface area contributed by atoms with Gasteiger partial charge in [-0.05, 0) is 44.6 Å². The van der Waals surface area contributed by atoms with Crippen LogP contribution in [0.25, 0.3) is 0 Å². The van der Waals surface area contributed by atoms with Crippen LogP contribution in [0.2, 0.25) is 0 Å². The van der Waals surface area contributed by atoms with E-state index in [0.717, 1.165) is 38.1 Å². The first-order chi connectivity index (χ1) is 8.29. The molecule has 0 bridgehead atoms. The van der Waals surface area contributed by atoms with Crippen molar-refractivity contribution in [2.75, 3.05) is 13.7 Å². The molecule has 0 aromatic rings. The van der Waals surface area contributed by atoms with E-state index in [0.29, 0.717) is 6.04 Å². The number of hydrogen-bond acceptors (Lipinski definition) is 3. The highest BCUT2D eigenvalue weighted by Gasteiger charge is 2.26. The van der Waals surface area contributed by atoms with Crippen molar-refractivity contribution in [1.29, 1.82) is 0 Å². The third-order valence-corrected chi connectivity index (χ3v) is 4.47. The summed E-state index contributed by atoms with van der Waals surface area (Å²) in [7, 11) is 1.49. The molecule has 3 heteroatoms. The van der Waals surface area contributed by atoms with Crippen LogP contribution in [0.1, 0.15) is 51.4 Å². The summed E-state index contributed by atoms with van der Waals surface area (Å²) in [6.45, 7) is 1.16. The van der Waals surface area contributed by atoms with Gasteiger partial charge in [0.05, 0.1) is 13.0 Å². The zero-order valence-corrected chi connectivity index (χ0v) is 10.9. The smallest absolute Gasteiger partial charge is 0.308 e. The Kier molecular flexibility index (Phi) is 4.84. The van der Waals surface area contributed by atoms with Gasteiger partial charge in [0, 0.05) is 6.04 Å². The third-order valence-electron chi connectivity index (χ3n) is 4.47. The molecule has 17 heavy (non-hydrogen) atoms. The lowest BCUT2D eigenvalue weighted by atomic mass is 9.82. The highest BCUT2D eigenvalue weighted by Crippen LogP contribution is 2.29. The molecule has 98 valence electrons. The van der Waals surface area contributed by atoms with Crippen LogP contribution in [0.4, 0.5) is 0 Å². The molecule has 0 saturated heterocycles. The third kappa shape index (κ3) is 3.70. The van der Waals surface area contributed by atoms with Crippen molar-refractivity contribution in [3.05, 3.63) is 0 Å². The van der Waals surface area contributed by atoms with Crippen molar-refractivity contribution >= 4 is 5.97 Å². The van der Waals surface area contributed by atoms with E-state index in [-0.39, 0.29) is 11.9 Å². The normalized spacial score (nSPS) is 29.7. The van der Waals surface area contributed by atoms with E-state index in [2.05, 4.69) is 5.32 Å². The monoisotopic (exact) mass is 239 g/mol. The molecule has 0 spiro atoms. The molecule has 0 aromatic carbocycles. The summed E-state index contributed by atoms with van der Waals surface area (Å²) >= 11 is 0. The number of esters is 1. The van der Waals surface area contributed by atoms with Crippen LogP contribution in [-0.4, -0.2) is 25.7 Å². The maximum Gasteiger partial charge on any atom is 0.308 e. The minimum absolute atomic E-state index is 0.0158. The largest absolute Gasteiger partial charge is 0.469 e. The summed E-state index contributed by atoms with van der Waals surface area (Å²) < 4.78 is 4.80. The predicted molar refractivity (Wildman–Crippen MR) is 67.7 cm³/mol. The van der Waals surface area contributed by atoms with E-state index in [9.17, 15) is 4.79 Å². The maximum atomic E-state index is 11.4. The van der Waals surface area contributed by atoms with Crippen molar-refractivity contribution in [2.24, 2.45) is 11.8 Å². The number of methoxy groups -OCH3 is 1. The lowest BCUT2D eigenvalue weighted by Crippen LogP contribution is -2.36. The summed E-state index contributed by atoms with van der Waals surface area (Å²) in [5.41, 5.74) is 0. The molecule has 0 unspecified atom stereocenters. The fraction of sp³-hybridized carbons (Fsp3) is 0.929. The average Bonchev–Trinajstić information content (AvgIpc) is 2.32. The molecule has 1 N–H and O–H groups in total. The Hall–Kier alpha value is -0.570. The minimum Gasteiger partial charge on any atom is -0.469 e. The fourth-order valence-electron chi connectivity index (χ4n) is 2.97. The van der Waals surface area contributed by atoms with E-state index in [4.69, 9.17) is 4.74 Å². The molecular weight excluding hydrogens is 214 g/mol. The van der Waals surface area contributed by atoms with Gasteiger partial charge in [0.2, 0.25) is 0 Å². The van der Waals surface area contributed by atoms with Gasteiger partial charge in [0.1, 0.15) is 0 Å². The van der Waals surface area contributed by atoms with E-state index >= 15 is 0 Å². The second kappa shape index (κ2) is 6.39. The molecule has 0 radical (unpaired) electrons. The summed E-state index contributed by atoms with van der Waals surface area (Å²) in [5.74, 6) is 1.14. The van der Waals surface area contributed by atoms with Crippen LogP contribution in [0.5, 0.6) is 0 Å². The highest BCUT2D eigenvalue weighted by molar-refractivity contribution is 5.72. The summed E-state index contributed by atoms with van der Waals surface area (Å²) in [4.78, 5) is 11.4. The quantitative estimate of drug-likeness (QED) is 0.749. The first-order valence-corrected chi connectivity index (χ1v) is 7.11. The van der Waals surface area contributed by atoms with Crippen molar-refractivity contribution in [3.8, 4) is 0 Å². The van der Waals surface area contributed by atoms with Crippen LogP contribution < -0.4 is 5.32 Å². The number of rotatable bonds is 5. The minimum atomic E-state index is -0.0158. The van der Waals surface area contributed by atoms with Crippen molar-refractivity contribution in [1.82, 2.24) is 5.32 Å². The Balaban J connectivity index is 1.56. The zero-order valence-electron chi connectivity index (χ0n) is 10.9. The first-order valence-electron chi connectivity index (χ1n) is 7.11. The molecule has 3 nitrogen and oxygen atoms in total. The Morgan fingerprint density at radius 3 is 2.41 bits per heavy atom. The van der Waals surface area contributed by atoms with Gasteiger partial charge in [0.25, 0.3) is 0 Å². The van der Waals surface area contributed by atoms with Crippen molar-refractivity contribution in [3.63, 3.8) is 0 Å². The predicted octanol–water partition coefficient (Wildman–Crippen LogP) is 2.50. The first kappa shape index (κ1) is 12.9. The van der Waals surface area contributed by atoms with Crippen molar-refractivity contribution < 1.29 is 9.53 Å². The van der Waals surface area contributed by atoms with E-state index in [1.54, 1.807) is 0 Å². The molecule has 0 aromatic heterocycles. The number of carbonyl (C=O) groups is 1. The number of hydrogen-bond donors (Lipinski definition) is 1. The molecule has 0 aliphatic heterocycles. The topological polar surface area (TPSA) is 38.3 Å². The lowest BCUT2D eigenvalue weighted by molar-refractivity contribution is -0.146. The van der Waals surface area contributed by atoms with Gasteiger partial charge in [0.15, 0.2) is 0 Å². The summed E-state index contributed by atoms with van der Waals surface area (Å²) in [6, 6.07) is 0.635. The molecule has 2 saturated carbocycles. The Bertz CT molecular complexity index is 243. The summed E-state index contributed by atoms with van der Waals surface area (Å²) in [6.07, 6.45) is 9.91. The van der Waals surface area contributed by atoms with E-state index in [1.807, 2.05) is 0 Å². The highest BCUT2D eigenvalue weighted by atomic mass is 16.5. The SMILES string of the molecule is COC(=O)C1CCC(NCCC2CCC2)CC1. The molecule has 2 fully saturated rings. The molecular formula is C14H25NO2. The van der Waals surface area contributed by atoms with Gasteiger partial charge >= 0.3 is 5.97 Å². The number of ether oxygens (including phenoxy) is 1.